The predicted octanol–water partition coefficient (Wildman–Crippen LogP) is 18.3. The monoisotopic (exact) mass is 842 g/mol. The molecule has 0 fully saturated rings. The fraction of sp³-hybridized carbons (Fsp3) is 0. The third-order valence-corrected chi connectivity index (χ3v) is 12.5. The Morgan fingerprint density at radius 2 is 0.500 bits per heavy atom. The lowest BCUT2D eigenvalue weighted by Gasteiger charge is -2.27. The summed E-state index contributed by atoms with van der Waals surface area (Å²) in [6, 6.07) is 99.8. The highest BCUT2D eigenvalue weighted by atomic mass is 15.1. The Bertz CT molecular complexity index is 3310. The highest BCUT2D eigenvalue weighted by Gasteiger charge is 2.17. The molecule has 0 aliphatic heterocycles. The van der Waals surface area contributed by atoms with E-state index < -0.39 is 0 Å². The predicted molar refractivity (Wildman–Crippen MR) is 283 cm³/mol. The topological polar surface area (TPSA) is 6.48 Å². The van der Waals surface area contributed by atoms with Gasteiger partial charge in [0.1, 0.15) is 0 Å². The second-order valence-corrected chi connectivity index (χ2v) is 16.5. The Labute approximate surface area is 386 Å². The van der Waals surface area contributed by atoms with E-state index in [0.717, 1.165) is 34.1 Å². The van der Waals surface area contributed by atoms with Gasteiger partial charge in [0.05, 0.1) is 0 Å². The lowest BCUT2D eigenvalue weighted by molar-refractivity contribution is 1.29. The van der Waals surface area contributed by atoms with Crippen molar-refractivity contribution in [2.45, 2.75) is 0 Å². The molecule has 2 nitrogen and oxygen atoms in total. The molecule has 12 aromatic carbocycles. The lowest BCUT2D eigenvalue weighted by Crippen LogP contribution is -2.10. The quantitative estimate of drug-likeness (QED) is 0.141. The minimum absolute atomic E-state index is 1.11. The van der Waals surface area contributed by atoms with Gasteiger partial charge in [-0.15, -0.1) is 0 Å². The van der Waals surface area contributed by atoms with Crippen molar-refractivity contribution < 1.29 is 0 Å². The van der Waals surface area contributed by atoms with E-state index in [1.807, 2.05) is 36.4 Å². The first-order chi connectivity index (χ1) is 32.7. The van der Waals surface area contributed by atoms with Crippen LogP contribution in [0.2, 0.25) is 0 Å². The molecule has 0 aliphatic carbocycles. The first kappa shape index (κ1) is 40.1. The molecule has 0 saturated heterocycles. The molecule has 0 atom stereocenters. The number of fused-ring (bicyclic) bond motifs is 5. The average molecular weight is 843 g/mol. The Morgan fingerprint density at radius 3 is 0.909 bits per heavy atom. The maximum Gasteiger partial charge on any atom is 0.0468 e. The van der Waals surface area contributed by atoms with Crippen LogP contribution in [0.4, 0.5) is 34.1 Å². The fourth-order valence-electron chi connectivity index (χ4n) is 9.29. The van der Waals surface area contributed by atoms with Crippen molar-refractivity contribution in [3.63, 3.8) is 0 Å². The van der Waals surface area contributed by atoms with Gasteiger partial charge in [0.25, 0.3) is 0 Å². The molecule has 66 heavy (non-hydrogen) atoms. The van der Waals surface area contributed by atoms with Gasteiger partial charge in [-0.25, -0.2) is 0 Å². The van der Waals surface area contributed by atoms with Crippen LogP contribution in [0.25, 0.3) is 65.3 Å². The molecule has 0 spiro atoms. The molecular weight excluding hydrogens is 797 g/mol. The van der Waals surface area contributed by atoms with Crippen molar-refractivity contribution in [2.24, 2.45) is 0 Å². The van der Waals surface area contributed by atoms with E-state index in [4.69, 9.17) is 0 Å². The Kier molecular flexibility index (Phi) is 11.0. The normalized spacial score (nSPS) is 11.0. The van der Waals surface area contributed by atoms with Gasteiger partial charge in [0, 0.05) is 34.1 Å². The van der Waals surface area contributed by atoms with E-state index in [2.05, 4.69) is 252 Å². The molecular formula is C64H46N2. The Morgan fingerprint density at radius 1 is 0.182 bits per heavy atom. The first-order valence-corrected chi connectivity index (χ1v) is 22.6. The van der Waals surface area contributed by atoms with Crippen molar-refractivity contribution in [3.05, 3.63) is 279 Å². The molecule has 12 aromatic rings. The van der Waals surface area contributed by atoms with Crippen molar-refractivity contribution in [1.29, 1.82) is 0 Å². The average Bonchev–Trinajstić information content (AvgIpc) is 3.40. The number of hydrogen-bond acceptors (Lipinski definition) is 2. The summed E-state index contributed by atoms with van der Waals surface area (Å²) in [5, 5.41) is 9.89. The van der Waals surface area contributed by atoms with Gasteiger partial charge in [-0.1, -0.05) is 206 Å². The number of anilines is 6. The number of benzene rings is 12. The van der Waals surface area contributed by atoms with Crippen LogP contribution in [0, 0.1) is 0 Å². The molecule has 0 amide bonds. The van der Waals surface area contributed by atoms with E-state index in [-0.39, 0.29) is 0 Å². The molecule has 0 aliphatic rings. The third-order valence-electron chi connectivity index (χ3n) is 12.5. The maximum absolute atomic E-state index is 2.35. The van der Waals surface area contributed by atoms with Gasteiger partial charge in [-0.05, 0) is 138 Å². The summed E-state index contributed by atoms with van der Waals surface area (Å²) in [5.41, 5.74) is 11.6. The van der Waals surface area contributed by atoms with Crippen LogP contribution in [0.1, 0.15) is 0 Å². The zero-order valence-corrected chi connectivity index (χ0v) is 36.5. The molecule has 12 rings (SSSR count). The maximum atomic E-state index is 2.35. The summed E-state index contributed by atoms with van der Waals surface area (Å²) in [5.74, 6) is 0. The summed E-state index contributed by atoms with van der Waals surface area (Å²) < 4.78 is 0. The number of para-hydroxylation sites is 2. The second-order valence-electron chi connectivity index (χ2n) is 16.5. The number of hydrogen-bond donors (Lipinski definition) is 0. The van der Waals surface area contributed by atoms with E-state index in [9.17, 15) is 0 Å². The minimum atomic E-state index is 1.11. The SMILES string of the molecule is c1ccc(N(c2ccc(-c3cccc4ccccc34)cc2)c2ccc3c(ccc4cc(N(c5ccccc5)c5ccc(-c6cccc7ccccc67)cc5)ccc43)c2)cc1.c1ccccc1. The Balaban J connectivity index is 0.000000745. The molecule has 2 heteroatoms. The van der Waals surface area contributed by atoms with Crippen molar-refractivity contribution in [3.8, 4) is 22.3 Å². The molecule has 312 valence electrons. The van der Waals surface area contributed by atoms with Gasteiger partial charge < -0.3 is 9.80 Å². The third kappa shape index (κ3) is 8.05. The summed E-state index contributed by atoms with van der Waals surface area (Å²) in [7, 11) is 0. The van der Waals surface area contributed by atoms with E-state index >= 15 is 0 Å². The van der Waals surface area contributed by atoms with Crippen molar-refractivity contribution >= 4 is 77.2 Å². The van der Waals surface area contributed by atoms with Crippen molar-refractivity contribution in [1.82, 2.24) is 0 Å². The largest absolute Gasteiger partial charge is 0.310 e. The van der Waals surface area contributed by atoms with Gasteiger partial charge in [-0.2, -0.15) is 0 Å². The summed E-state index contributed by atoms with van der Waals surface area (Å²) in [6.45, 7) is 0. The lowest BCUT2D eigenvalue weighted by atomic mass is 9.97. The van der Waals surface area contributed by atoms with Gasteiger partial charge in [-0.3, -0.25) is 0 Å². The Hall–Kier alpha value is -8.72. The fourth-order valence-corrected chi connectivity index (χ4v) is 9.29. The molecule has 0 N–H and O–H groups in total. The van der Waals surface area contributed by atoms with Crippen molar-refractivity contribution in [2.75, 3.05) is 9.80 Å². The minimum Gasteiger partial charge on any atom is -0.310 e. The molecule has 0 saturated carbocycles. The van der Waals surface area contributed by atoms with Crippen LogP contribution in [-0.4, -0.2) is 0 Å². The van der Waals surface area contributed by atoms with Crippen LogP contribution >= 0.6 is 0 Å². The zero-order valence-electron chi connectivity index (χ0n) is 36.5. The molecule has 0 bridgehead atoms. The van der Waals surface area contributed by atoms with Gasteiger partial charge in [0.15, 0.2) is 0 Å². The van der Waals surface area contributed by atoms with E-state index in [0.29, 0.717) is 0 Å². The molecule has 0 heterocycles. The molecule has 0 radical (unpaired) electrons. The van der Waals surface area contributed by atoms with E-state index in [1.54, 1.807) is 0 Å². The van der Waals surface area contributed by atoms with Crippen LogP contribution in [-0.2, 0) is 0 Å². The second kappa shape index (κ2) is 18.2. The van der Waals surface area contributed by atoms with Crippen LogP contribution < -0.4 is 9.80 Å². The van der Waals surface area contributed by atoms with Gasteiger partial charge in [0.2, 0.25) is 0 Å². The highest BCUT2D eigenvalue weighted by molar-refractivity contribution is 6.10. The van der Waals surface area contributed by atoms with Crippen LogP contribution in [0.3, 0.4) is 0 Å². The van der Waals surface area contributed by atoms with Crippen LogP contribution in [0.15, 0.2) is 279 Å². The smallest absolute Gasteiger partial charge is 0.0468 e. The number of rotatable bonds is 8. The summed E-state index contributed by atoms with van der Waals surface area (Å²) in [6.07, 6.45) is 0. The van der Waals surface area contributed by atoms with Gasteiger partial charge >= 0.3 is 0 Å². The number of nitrogens with zero attached hydrogens (tertiary/aromatic N) is 2. The first-order valence-electron chi connectivity index (χ1n) is 22.6. The standard InChI is InChI=1S/C58H40N2.C6H6/c1-3-17-47(18-4-1)59(49-31-27-43(28-32-49)55-23-11-15-41-13-7-9-21-53(41)55)51-35-37-57-45(39-51)25-26-46-40-52(36-38-58(46)57)60(48-19-5-2-6-20-48)50-33-29-44(30-34-50)56-24-12-16-42-14-8-10-22-54(42)56;1-2-4-6-5-3-1/h1-40H;1-6H. The highest BCUT2D eigenvalue weighted by Crippen LogP contribution is 2.42. The summed E-state index contributed by atoms with van der Waals surface area (Å²) in [4.78, 5) is 4.70. The molecule has 0 unspecified atom stereocenters. The molecule has 0 aromatic heterocycles. The zero-order chi connectivity index (χ0) is 44.1. The van der Waals surface area contributed by atoms with Crippen LogP contribution in [0.5, 0.6) is 0 Å². The van der Waals surface area contributed by atoms with E-state index in [1.165, 1.54) is 65.3 Å². The summed E-state index contributed by atoms with van der Waals surface area (Å²) >= 11 is 0.